The topological polar surface area (TPSA) is 122 Å². The molecule has 0 aliphatic heterocycles. The van der Waals surface area contributed by atoms with E-state index in [2.05, 4.69) is 9.97 Å². The summed E-state index contributed by atoms with van der Waals surface area (Å²) in [5.74, 6) is -1.63. The minimum atomic E-state index is -2.24. The average molecular weight is 385 g/mol. The quantitative estimate of drug-likeness (QED) is 0.449. The van der Waals surface area contributed by atoms with Crippen molar-refractivity contribution < 1.29 is 62.3 Å². The standard InChI is InChI=1S/C18H13ClN2O5.2Li/c19-9-1-2-10(14-7-20-8-26-14)12(5-9)13-6-21-16-11(15(13)22)3-4-18(16,25)17(23)24;;/h1-2,5-8,25H,3-4H2,(H,21,22)(H,23,24);;/q;2*+1/p-2. The molecule has 1 N–H and O–H groups in total. The number of aliphatic carboxylic acids is 1. The molecule has 4 rings (SSSR count). The van der Waals surface area contributed by atoms with Crippen LogP contribution < -0.4 is 47.9 Å². The Balaban J connectivity index is 0.00000140. The average Bonchev–Trinajstić information content (AvgIpc) is 3.25. The number of rotatable bonds is 3. The molecule has 1 aromatic carbocycles. The predicted octanol–water partition coefficient (Wildman–Crippen LogP) is -4.98. The number of hydrogen-bond donors (Lipinski definition) is 1. The van der Waals surface area contributed by atoms with Crippen LogP contribution in [0.2, 0.25) is 5.02 Å². The summed E-state index contributed by atoms with van der Waals surface area (Å²) in [7, 11) is 0. The maximum Gasteiger partial charge on any atom is 1.00 e. The third-order valence-corrected chi connectivity index (χ3v) is 4.80. The van der Waals surface area contributed by atoms with Gasteiger partial charge in [-0.1, -0.05) is 17.4 Å². The Morgan fingerprint density at radius 1 is 1.21 bits per heavy atom. The van der Waals surface area contributed by atoms with Crippen LogP contribution >= 0.6 is 11.6 Å². The first kappa shape index (κ1) is 22.6. The molecular weight excluding hydrogens is 374 g/mol. The SMILES string of the molecule is O=C([O-])C1(O)CCc2c1ncc(-c1cc(Cl)ccc1-c1cnco1)c2[O-].[Li+].[Li+]. The molecule has 1 unspecified atom stereocenters. The van der Waals surface area contributed by atoms with Gasteiger partial charge in [-0.25, -0.2) is 4.98 Å². The van der Waals surface area contributed by atoms with E-state index in [1.807, 2.05) is 0 Å². The van der Waals surface area contributed by atoms with Crippen molar-refractivity contribution in [1.82, 2.24) is 9.97 Å². The molecule has 0 fully saturated rings. The van der Waals surface area contributed by atoms with E-state index in [1.165, 1.54) is 18.8 Å². The monoisotopic (exact) mass is 384 g/mol. The van der Waals surface area contributed by atoms with Crippen molar-refractivity contribution in [2.24, 2.45) is 0 Å². The van der Waals surface area contributed by atoms with Gasteiger partial charge in [-0.05, 0) is 47.7 Å². The van der Waals surface area contributed by atoms with E-state index in [0.717, 1.165) is 0 Å². The van der Waals surface area contributed by atoms with Crippen molar-refractivity contribution in [3.63, 3.8) is 0 Å². The third-order valence-electron chi connectivity index (χ3n) is 4.56. The molecule has 3 aromatic rings. The van der Waals surface area contributed by atoms with Gasteiger partial charge in [0.05, 0.1) is 17.9 Å². The smallest absolute Gasteiger partial charge is 0.872 e. The van der Waals surface area contributed by atoms with Crippen LogP contribution in [0, 0.1) is 0 Å². The summed E-state index contributed by atoms with van der Waals surface area (Å²) >= 11 is 6.09. The van der Waals surface area contributed by atoms with Crippen LogP contribution in [0.4, 0.5) is 0 Å². The van der Waals surface area contributed by atoms with Crippen molar-refractivity contribution in [3.05, 3.63) is 53.3 Å². The van der Waals surface area contributed by atoms with Crippen molar-refractivity contribution in [1.29, 1.82) is 0 Å². The number of benzene rings is 1. The Kier molecular flexibility index (Phi) is 6.73. The minimum absolute atomic E-state index is 0. The summed E-state index contributed by atoms with van der Waals surface area (Å²) in [6.07, 6.45) is 3.96. The Bertz CT molecular complexity index is 1030. The minimum Gasteiger partial charge on any atom is -0.872 e. The van der Waals surface area contributed by atoms with Gasteiger partial charge in [0.1, 0.15) is 5.60 Å². The molecule has 7 nitrogen and oxygen atoms in total. The number of pyridine rings is 1. The van der Waals surface area contributed by atoms with Crippen LogP contribution in [0.3, 0.4) is 0 Å². The Morgan fingerprint density at radius 2 is 1.96 bits per heavy atom. The zero-order valence-electron chi connectivity index (χ0n) is 15.2. The molecule has 0 radical (unpaired) electrons. The number of hydrogen-bond acceptors (Lipinski definition) is 7. The number of oxazole rings is 1. The fourth-order valence-electron chi connectivity index (χ4n) is 3.24. The van der Waals surface area contributed by atoms with Crippen LogP contribution in [0.15, 0.2) is 41.4 Å². The number of fused-ring (bicyclic) bond motifs is 1. The molecule has 0 spiro atoms. The van der Waals surface area contributed by atoms with Gasteiger partial charge in [0.15, 0.2) is 12.2 Å². The molecule has 1 atom stereocenters. The summed E-state index contributed by atoms with van der Waals surface area (Å²) in [4.78, 5) is 19.2. The van der Waals surface area contributed by atoms with Gasteiger partial charge in [-0.15, -0.1) is 0 Å². The summed E-state index contributed by atoms with van der Waals surface area (Å²) in [5.41, 5.74) is -0.917. The van der Waals surface area contributed by atoms with Gasteiger partial charge in [0.2, 0.25) is 0 Å². The summed E-state index contributed by atoms with van der Waals surface area (Å²) in [5, 5.41) is 34.9. The number of aliphatic hydroxyl groups is 1. The van der Waals surface area contributed by atoms with E-state index >= 15 is 0 Å². The molecular formula is C18H11ClLi2N2O5. The van der Waals surface area contributed by atoms with Crippen molar-refractivity contribution in [2.75, 3.05) is 0 Å². The molecule has 0 saturated carbocycles. The van der Waals surface area contributed by atoms with Gasteiger partial charge in [0.25, 0.3) is 0 Å². The largest absolute Gasteiger partial charge is 1.00 e. The Labute approximate surface area is 189 Å². The van der Waals surface area contributed by atoms with Gasteiger partial charge >= 0.3 is 37.7 Å². The van der Waals surface area contributed by atoms with Crippen LogP contribution in [0.1, 0.15) is 17.7 Å². The number of halogens is 1. The number of aromatic nitrogens is 2. The molecule has 1 aliphatic rings. The number of nitrogens with zero attached hydrogens (tertiary/aromatic N) is 2. The van der Waals surface area contributed by atoms with E-state index in [0.29, 0.717) is 21.9 Å². The van der Waals surface area contributed by atoms with Crippen LogP contribution in [-0.4, -0.2) is 21.0 Å². The third kappa shape index (κ3) is 3.51. The molecule has 2 heterocycles. The zero-order valence-corrected chi connectivity index (χ0v) is 16.0. The van der Waals surface area contributed by atoms with E-state index in [-0.39, 0.29) is 67.4 Å². The van der Waals surface area contributed by atoms with Crippen LogP contribution in [-0.2, 0) is 16.8 Å². The van der Waals surface area contributed by atoms with Crippen LogP contribution in [0.25, 0.3) is 22.5 Å². The molecule has 10 heteroatoms. The van der Waals surface area contributed by atoms with E-state index in [4.69, 9.17) is 16.0 Å². The second-order valence-corrected chi connectivity index (χ2v) is 6.47. The van der Waals surface area contributed by atoms with Crippen LogP contribution in [0.5, 0.6) is 5.75 Å². The molecule has 1 aliphatic carbocycles. The summed E-state index contributed by atoms with van der Waals surface area (Å²) < 4.78 is 5.32. The summed E-state index contributed by atoms with van der Waals surface area (Å²) in [6, 6.07) is 4.95. The first-order valence-corrected chi connectivity index (χ1v) is 8.11. The predicted molar refractivity (Wildman–Crippen MR) is 86.9 cm³/mol. The zero-order chi connectivity index (χ0) is 18.5. The van der Waals surface area contributed by atoms with Gasteiger partial charge in [-0.3, -0.25) is 4.98 Å². The van der Waals surface area contributed by atoms with E-state index in [9.17, 15) is 20.1 Å². The van der Waals surface area contributed by atoms with Gasteiger partial charge in [0, 0.05) is 16.8 Å². The number of carbonyl (C=O) groups excluding carboxylic acids is 1. The molecule has 0 bridgehead atoms. The van der Waals surface area contributed by atoms with Gasteiger partial charge < -0.3 is 24.5 Å². The van der Waals surface area contributed by atoms with E-state index < -0.39 is 17.3 Å². The Hall–Kier alpha value is -1.71. The fourth-order valence-corrected chi connectivity index (χ4v) is 3.41. The molecule has 0 saturated heterocycles. The van der Waals surface area contributed by atoms with Crippen molar-refractivity contribution >= 4 is 17.6 Å². The number of carboxylic acid groups (broad SMARTS) is 1. The normalized spacial score (nSPS) is 17.4. The van der Waals surface area contributed by atoms with E-state index in [1.54, 1.807) is 18.2 Å². The van der Waals surface area contributed by atoms with Crippen molar-refractivity contribution in [2.45, 2.75) is 18.4 Å². The fraction of sp³-hybridized carbons (Fsp3) is 0.167. The maximum atomic E-state index is 13.0. The molecule has 0 amide bonds. The summed E-state index contributed by atoms with van der Waals surface area (Å²) in [6.45, 7) is 0. The maximum absolute atomic E-state index is 13.0. The second kappa shape index (κ2) is 8.35. The first-order valence-electron chi connectivity index (χ1n) is 7.74. The van der Waals surface area contributed by atoms with Crippen molar-refractivity contribution in [3.8, 4) is 28.2 Å². The number of carboxylic acids is 1. The van der Waals surface area contributed by atoms with Gasteiger partial charge in [-0.2, -0.15) is 0 Å². The number of carbonyl (C=O) groups is 1. The second-order valence-electron chi connectivity index (χ2n) is 6.03. The molecule has 2 aromatic heterocycles. The molecule has 28 heavy (non-hydrogen) atoms. The molecule has 132 valence electrons. The first-order chi connectivity index (χ1) is 12.4. The Morgan fingerprint density at radius 3 is 2.61 bits per heavy atom.